The Bertz CT molecular complexity index is 593. The molecule has 6 heteroatoms. The predicted octanol–water partition coefficient (Wildman–Crippen LogP) is 3.59. The molecule has 0 saturated heterocycles. The maximum absolute atomic E-state index is 12.7. The molecule has 0 amide bonds. The Labute approximate surface area is 121 Å². The summed E-state index contributed by atoms with van der Waals surface area (Å²) in [5.41, 5.74) is 0.366. The summed E-state index contributed by atoms with van der Waals surface area (Å²) in [6.45, 7) is 2.66. The largest absolute Gasteiger partial charge is 0.416 e. The van der Waals surface area contributed by atoms with Gasteiger partial charge in [0.2, 0.25) is 0 Å². The van der Waals surface area contributed by atoms with E-state index in [2.05, 4.69) is 5.10 Å². The van der Waals surface area contributed by atoms with Crippen molar-refractivity contribution in [1.29, 1.82) is 0 Å². The minimum absolute atomic E-state index is 0.124. The standard InChI is InChI=1S/C15H17F3N2O/c1-2-8-20-13(6-7-19-20)14(21)10-11-4-3-5-12(9-11)15(16,17)18/h3-7,9,14,21H,2,8,10H2,1H3. The minimum atomic E-state index is -4.37. The fraction of sp³-hybridized carbons (Fsp3) is 0.400. The van der Waals surface area contributed by atoms with Crippen LogP contribution in [0.4, 0.5) is 13.2 Å². The van der Waals surface area contributed by atoms with Crippen LogP contribution in [0.2, 0.25) is 0 Å². The molecule has 2 aromatic rings. The zero-order valence-electron chi connectivity index (χ0n) is 11.6. The van der Waals surface area contributed by atoms with E-state index in [1.165, 1.54) is 6.07 Å². The van der Waals surface area contributed by atoms with Gasteiger partial charge in [0.05, 0.1) is 17.4 Å². The van der Waals surface area contributed by atoms with Crippen LogP contribution in [-0.2, 0) is 19.1 Å². The number of nitrogens with zero attached hydrogens (tertiary/aromatic N) is 2. The van der Waals surface area contributed by atoms with Crippen molar-refractivity contribution < 1.29 is 18.3 Å². The summed E-state index contributed by atoms with van der Waals surface area (Å²) in [6.07, 6.45) is -2.67. The van der Waals surface area contributed by atoms with Crippen LogP contribution in [-0.4, -0.2) is 14.9 Å². The first-order valence-corrected chi connectivity index (χ1v) is 6.77. The number of aryl methyl sites for hydroxylation is 1. The van der Waals surface area contributed by atoms with Crippen LogP contribution in [0, 0.1) is 0 Å². The third kappa shape index (κ3) is 3.85. The van der Waals surface area contributed by atoms with Gasteiger partial charge in [-0.15, -0.1) is 0 Å². The van der Waals surface area contributed by atoms with E-state index >= 15 is 0 Å². The highest BCUT2D eigenvalue weighted by atomic mass is 19.4. The van der Waals surface area contributed by atoms with Crippen LogP contribution < -0.4 is 0 Å². The van der Waals surface area contributed by atoms with E-state index in [0.717, 1.165) is 18.6 Å². The number of aliphatic hydroxyl groups excluding tert-OH is 1. The number of hydrogen-bond donors (Lipinski definition) is 1. The molecular formula is C15H17F3N2O. The first-order chi connectivity index (χ1) is 9.91. The summed E-state index contributed by atoms with van der Waals surface area (Å²) < 4.78 is 39.7. The molecule has 21 heavy (non-hydrogen) atoms. The van der Waals surface area contributed by atoms with Crippen molar-refractivity contribution in [2.75, 3.05) is 0 Å². The zero-order valence-corrected chi connectivity index (χ0v) is 11.6. The topological polar surface area (TPSA) is 38.0 Å². The van der Waals surface area contributed by atoms with Gasteiger partial charge < -0.3 is 5.11 Å². The summed E-state index contributed by atoms with van der Waals surface area (Å²) in [5.74, 6) is 0. The van der Waals surface area contributed by atoms with Crippen molar-refractivity contribution in [2.45, 2.75) is 38.6 Å². The first-order valence-electron chi connectivity index (χ1n) is 6.77. The smallest absolute Gasteiger partial charge is 0.386 e. The molecular weight excluding hydrogens is 281 g/mol. The Morgan fingerprint density at radius 1 is 1.29 bits per heavy atom. The highest BCUT2D eigenvalue weighted by Gasteiger charge is 2.30. The van der Waals surface area contributed by atoms with Gasteiger partial charge in [0.25, 0.3) is 0 Å². The van der Waals surface area contributed by atoms with Crippen LogP contribution in [0.25, 0.3) is 0 Å². The molecule has 0 radical (unpaired) electrons. The van der Waals surface area contributed by atoms with E-state index in [9.17, 15) is 18.3 Å². The second-order valence-electron chi connectivity index (χ2n) is 4.90. The SMILES string of the molecule is CCCn1nccc1C(O)Cc1cccc(C(F)(F)F)c1. The lowest BCUT2D eigenvalue weighted by atomic mass is 10.0. The molecule has 3 nitrogen and oxygen atoms in total. The van der Waals surface area contributed by atoms with Crippen LogP contribution in [0.15, 0.2) is 36.5 Å². The van der Waals surface area contributed by atoms with Gasteiger partial charge in [0.1, 0.15) is 0 Å². The molecule has 114 valence electrons. The van der Waals surface area contributed by atoms with Crippen molar-refractivity contribution in [3.8, 4) is 0 Å². The Hall–Kier alpha value is -1.82. The van der Waals surface area contributed by atoms with Crippen molar-refractivity contribution in [1.82, 2.24) is 9.78 Å². The molecule has 1 atom stereocenters. The number of aliphatic hydroxyl groups is 1. The average Bonchev–Trinajstić information content (AvgIpc) is 2.87. The molecule has 1 aromatic carbocycles. The second-order valence-corrected chi connectivity index (χ2v) is 4.90. The average molecular weight is 298 g/mol. The molecule has 0 aliphatic carbocycles. The fourth-order valence-electron chi connectivity index (χ4n) is 2.23. The molecule has 1 N–H and O–H groups in total. The van der Waals surface area contributed by atoms with E-state index in [1.54, 1.807) is 23.0 Å². The lowest BCUT2D eigenvalue weighted by molar-refractivity contribution is -0.137. The Kier molecular flexibility index (Phi) is 4.67. The summed E-state index contributed by atoms with van der Waals surface area (Å²) in [6, 6.07) is 6.72. The van der Waals surface area contributed by atoms with Gasteiger partial charge in [-0.3, -0.25) is 4.68 Å². The van der Waals surface area contributed by atoms with Crippen molar-refractivity contribution >= 4 is 0 Å². The molecule has 1 unspecified atom stereocenters. The van der Waals surface area contributed by atoms with E-state index in [-0.39, 0.29) is 6.42 Å². The molecule has 0 aliphatic heterocycles. The molecule has 0 spiro atoms. The number of benzene rings is 1. The maximum Gasteiger partial charge on any atom is 0.416 e. The summed E-state index contributed by atoms with van der Waals surface area (Å²) in [5, 5.41) is 14.3. The van der Waals surface area contributed by atoms with Gasteiger partial charge >= 0.3 is 6.18 Å². The monoisotopic (exact) mass is 298 g/mol. The van der Waals surface area contributed by atoms with Crippen molar-refractivity contribution in [3.05, 3.63) is 53.3 Å². The Morgan fingerprint density at radius 2 is 2.05 bits per heavy atom. The fourth-order valence-corrected chi connectivity index (χ4v) is 2.23. The molecule has 0 fully saturated rings. The van der Waals surface area contributed by atoms with Gasteiger partial charge in [0, 0.05) is 19.2 Å². The van der Waals surface area contributed by atoms with Gasteiger partial charge in [-0.2, -0.15) is 18.3 Å². The van der Waals surface area contributed by atoms with Gasteiger partial charge in [0.15, 0.2) is 0 Å². The number of rotatable bonds is 5. The molecule has 0 bridgehead atoms. The highest BCUT2D eigenvalue weighted by Crippen LogP contribution is 2.30. The summed E-state index contributed by atoms with van der Waals surface area (Å²) in [4.78, 5) is 0. The number of alkyl halides is 3. The first kappa shape index (κ1) is 15.6. The van der Waals surface area contributed by atoms with Crippen molar-refractivity contribution in [3.63, 3.8) is 0 Å². The molecule has 1 heterocycles. The lowest BCUT2D eigenvalue weighted by Gasteiger charge is -2.14. The Balaban J connectivity index is 2.16. The van der Waals surface area contributed by atoms with Crippen molar-refractivity contribution in [2.24, 2.45) is 0 Å². The minimum Gasteiger partial charge on any atom is -0.386 e. The van der Waals surface area contributed by atoms with E-state index < -0.39 is 17.8 Å². The zero-order chi connectivity index (χ0) is 15.5. The van der Waals surface area contributed by atoms with Crippen LogP contribution in [0.1, 0.15) is 36.3 Å². The van der Waals surface area contributed by atoms with Crippen LogP contribution in [0.3, 0.4) is 0 Å². The molecule has 1 aromatic heterocycles. The van der Waals surface area contributed by atoms with Crippen LogP contribution in [0.5, 0.6) is 0 Å². The van der Waals surface area contributed by atoms with Crippen LogP contribution >= 0.6 is 0 Å². The third-order valence-electron chi connectivity index (χ3n) is 3.21. The van der Waals surface area contributed by atoms with Gasteiger partial charge in [-0.05, 0) is 24.1 Å². The van der Waals surface area contributed by atoms with Gasteiger partial charge in [-0.25, -0.2) is 0 Å². The lowest BCUT2D eigenvalue weighted by Crippen LogP contribution is -2.12. The maximum atomic E-state index is 12.7. The van der Waals surface area contributed by atoms with Gasteiger partial charge in [-0.1, -0.05) is 25.1 Å². The quantitative estimate of drug-likeness (QED) is 0.916. The molecule has 2 rings (SSSR count). The number of aromatic nitrogens is 2. The normalized spacial score (nSPS) is 13.4. The number of hydrogen-bond acceptors (Lipinski definition) is 2. The second kappa shape index (κ2) is 6.30. The van der Waals surface area contributed by atoms with E-state index in [0.29, 0.717) is 17.8 Å². The third-order valence-corrected chi connectivity index (χ3v) is 3.21. The molecule has 0 aliphatic rings. The molecule has 0 saturated carbocycles. The highest BCUT2D eigenvalue weighted by molar-refractivity contribution is 5.27. The number of halogens is 3. The van der Waals surface area contributed by atoms with E-state index in [1.807, 2.05) is 6.92 Å². The van der Waals surface area contributed by atoms with E-state index in [4.69, 9.17) is 0 Å². The Morgan fingerprint density at radius 3 is 2.71 bits per heavy atom. The summed E-state index contributed by atoms with van der Waals surface area (Å²) >= 11 is 0. The predicted molar refractivity (Wildman–Crippen MR) is 72.6 cm³/mol. The summed E-state index contributed by atoms with van der Waals surface area (Å²) in [7, 11) is 0.